The Kier molecular flexibility index (Phi) is 4.16. The third-order valence-corrected chi connectivity index (χ3v) is 4.14. The molecule has 0 saturated heterocycles. The van der Waals surface area contributed by atoms with Gasteiger partial charge in [0.2, 0.25) is 0 Å². The molecule has 1 aromatic heterocycles. The molecule has 124 valence electrons. The Hall–Kier alpha value is -2.96. The summed E-state index contributed by atoms with van der Waals surface area (Å²) in [6.45, 7) is 0. The summed E-state index contributed by atoms with van der Waals surface area (Å²) in [6, 6.07) is 7.87. The Morgan fingerprint density at radius 2 is 1.62 bits per heavy atom. The van der Waals surface area contributed by atoms with Crippen LogP contribution in [0.3, 0.4) is 0 Å². The van der Waals surface area contributed by atoms with E-state index in [0.29, 0.717) is 24.1 Å². The van der Waals surface area contributed by atoms with Crippen molar-refractivity contribution >= 4 is 23.3 Å². The monoisotopic (exact) mass is 327 g/mol. The number of aromatic nitrogens is 2. The van der Waals surface area contributed by atoms with Crippen LogP contribution in [0.5, 0.6) is 0 Å². The number of para-hydroxylation sites is 1. The summed E-state index contributed by atoms with van der Waals surface area (Å²) >= 11 is 0. The molecule has 0 radical (unpaired) electrons. The molecule has 0 unspecified atom stereocenters. The van der Waals surface area contributed by atoms with Gasteiger partial charge in [-0.15, -0.1) is 10.2 Å². The minimum absolute atomic E-state index is 0.0827. The Balaban J connectivity index is 2.28. The molecule has 1 aliphatic heterocycles. The molecule has 0 atom stereocenters. The summed E-state index contributed by atoms with van der Waals surface area (Å²) in [5.74, 6) is -1.17. The Bertz CT molecular complexity index is 819. The maximum Gasteiger partial charge on any atom is 0.360 e. The summed E-state index contributed by atoms with van der Waals surface area (Å²) in [6.07, 6.45) is 1.25. The summed E-state index contributed by atoms with van der Waals surface area (Å²) in [4.78, 5) is 26.1. The van der Waals surface area contributed by atoms with Gasteiger partial charge in [0.1, 0.15) is 0 Å². The smallest absolute Gasteiger partial charge is 0.360 e. The summed E-state index contributed by atoms with van der Waals surface area (Å²) < 4.78 is 9.63. The molecule has 0 spiro atoms. The molecule has 2 aromatic rings. The van der Waals surface area contributed by atoms with E-state index < -0.39 is 11.9 Å². The van der Waals surface area contributed by atoms with Crippen LogP contribution in [0.4, 0.5) is 11.4 Å². The van der Waals surface area contributed by atoms with Crippen LogP contribution >= 0.6 is 0 Å². The third kappa shape index (κ3) is 2.47. The minimum atomic E-state index is -0.596. The van der Waals surface area contributed by atoms with Gasteiger partial charge in [0, 0.05) is 18.3 Å². The normalized spacial score (nSPS) is 12.7. The van der Waals surface area contributed by atoms with Gasteiger partial charge in [-0.1, -0.05) is 18.2 Å². The van der Waals surface area contributed by atoms with E-state index in [4.69, 9.17) is 9.47 Å². The first-order valence-corrected chi connectivity index (χ1v) is 7.46. The molecule has 1 aromatic carbocycles. The number of hydrogen-bond acceptors (Lipinski definition) is 7. The van der Waals surface area contributed by atoms with Gasteiger partial charge < -0.3 is 14.4 Å². The Morgan fingerprint density at radius 3 is 2.33 bits per heavy atom. The van der Waals surface area contributed by atoms with Crippen molar-refractivity contribution < 1.29 is 19.1 Å². The lowest BCUT2D eigenvalue weighted by atomic mass is 10.0. The van der Waals surface area contributed by atoms with E-state index in [0.717, 1.165) is 11.3 Å². The molecule has 24 heavy (non-hydrogen) atoms. The number of hydrogen-bond donors (Lipinski definition) is 0. The van der Waals surface area contributed by atoms with Gasteiger partial charge in [-0.3, -0.25) is 0 Å². The average molecular weight is 327 g/mol. The second kappa shape index (κ2) is 6.27. The van der Waals surface area contributed by atoms with Crippen LogP contribution < -0.4 is 4.90 Å². The van der Waals surface area contributed by atoms with Crippen LogP contribution in [-0.2, 0) is 22.3 Å². The molecule has 7 heteroatoms. The van der Waals surface area contributed by atoms with E-state index in [2.05, 4.69) is 10.2 Å². The predicted octanol–water partition coefficient (Wildman–Crippen LogP) is 1.92. The van der Waals surface area contributed by atoms with Crippen LogP contribution in [0, 0.1) is 0 Å². The fraction of sp³-hybridized carbons (Fsp3) is 0.294. The van der Waals surface area contributed by atoms with Crippen molar-refractivity contribution in [1.82, 2.24) is 10.2 Å². The highest BCUT2D eigenvalue weighted by atomic mass is 16.5. The van der Waals surface area contributed by atoms with Crippen molar-refractivity contribution in [2.45, 2.75) is 12.8 Å². The zero-order chi connectivity index (χ0) is 17.3. The van der Waals surface area contributed by atoms with Crippen LogP contribution in [0.2, 0.25) is 0 Å². The van der Waals surface area contributed by atoms with Crippen molar-refractivity contribution in [2.75, 3.05) is 26.2 Å². The van der Waals surface area contributed by atoms with Gasteiger partial charge in [-0.2, -0.15) is 0 Å². The first kappa shape index (κ1) is 15.9. The number of benzene rings is 1. The van der Waals surface area contributed by atoms with Crippen LogP contribution in [-0.4, -0.2) is 43.4 Å². The maximum atomic E-state index is 12.1. The number of rotatable bonds is 2. The highest BCUT2D eigenvalue weighted by molar-refractivity contribution is 5.99. The molecule has 7 nitrogen and oxygen atoms in total. The number of fused-ring (bicyclic) bond motifs is 2. The van der Waals surface area contributed by atoms with Crippen molar-refractivity contribution in [3.8, 4) is 0 Å². The number of methoxy groups -OCH3 is 2. The lowest BCUT2D eigenvalue weighted by molar-refractivity contribution is 0.0573. The van der Waals surface area contributed by atoms with E-state index in [9.17, 15) is 9.59 Å². The molecule has 0 fully saturated rings. The van der Waals surface area contributed by atoms with E-state index in [1.807, 2.05) is 36.2 Å². The van der Waals surface area contributed by atoms with Crippen LogP contribution in [0.1, 0.15) is 32.1 Å². The highest BCUT2D eigenvalue weighted by Crippen LogP contribution is 2.37. The molecule has 1 aliphatic rings. The molecule has 0 aliphatic carbocycles. The largest absolute Gasteiger partial charge is 0.464 e. The number of ether oxygens (including phenoxy) is 2. The first-order chi connectivity index (χ1) is 11.6. The highest BCUT2D eigenvalue weighted by Gasteiger charge is 2.30. The average Bonchev–Trinajstić information content (AvgIpc) is 2.77. The first-order valence-electron chi connectivity index (χ1n) is 7.46. The van der Waals surface area contributed by atoms with Crippen molar-refractivity contribution in [2.24, 2.45) is 0 Å². The van der Waals surface area contributed by atoms with Gasteiger partial charge in [0.05, 0.1) is 19.9 Å². The fourth-order valence-corrected chi connectivity index (χ4v) is 2.99. The Morgan fingerprint density at radius 1 is 1.00 bits per heavy atom. The van der Waals surface area contributed by atoms with E-state index in [1.165, 1.54) is 14.2 Å². The number of carbonyl (C=O) groups excluding carboxylic acids is 2. The predicted molar refractivity (Wildman–Crippen MR) is 86.6 cm³/mol. The Labute approximate surface area is 139 Å². The third-order valence-electron chi connectivity index (χ3n) is 4.14. The van der Waals surface area contributed by atoms with Crippen molar-refractivity contribution in [3.63, 3.8) is 0 Å². The number of nitrogens with zero attached hydrogens (tertiary/aromatic N) is 3. The van der Waals surface area contributed by atoms with Gasteiger partial charge in [-0.25, -0.2) is 9.59 Å². The molecule has 0 amide bonds. The summed E-state index contributed by atoms with van der Waals surface area (Å²) in [5.41, 5.74) is 3.44. The molecule has 2 heterocycles. The minimum Gasteiger partial charge on any atom is -0.464 e. The summed E-state index contributed by atoms with van der Waals surface area (Å²) in [7, 11) is 4.41. The lowest BCUT2D eigenvalue weighted by Gasteiger charge is -2.23. The maximum absolute atomic E-state index is 12.1. The summed E-state index contributed by atoms with van der Waals surface area (Å²) in [5, 5.41) is 7.85. The van der Waals surface area contributed by atoms with Crippen molar-refractivity contribution in [3.05, 3.63) is 46.8 Å². The molecule has 3 rings (SSSR count). The number of aryl methyl sites for hydroxylation is 1. The molecular formula is C17H17N3O4. The second-order valence-electron chi connectivity index (χ2n) is 5.40. The van der Waals surface area contributed by atoms with Gasteiger partial charge in [0.25, 0.3) is 0 Å². The number of anilines is 2. The number of esters is 2. The molecule has 0 bridgehead atoms. The second-order valence-corrected chi connectivity index (χ2v) is 5.40. The van der Waals surface area contributed by atoms with Gasteiger partial charge >= 0.3 is 11.9 Å². The molecular weight excluding hydrogens is 310 g/mol. The van der Waals surface area contributed by atoms with Crippen molar-refractivity contribution in [1.29, 1.82) is 0 Å². The van der Waals surface area contributed by atoms with E-state index in [1.54, 1.807) is 0 Å². The fourth-order valence-electron chi connectivity index (χ4n) is 2.99. The quantitative estimate of drug-likeness (QED) is 0.779. The standard InChI is InChI=1S/C17H17N3O4/c1-20-12-7-5-4-6-10(12)8-9-11-13(16(21)23-2)18-19-14(15(11)20)17(22)24-3/h4-7H,8-9H2,1-3H3. The molecule has 0 N–H and O–H groups in total. The van der Waals surface area contributed by atoms with E-state index >= 15 is 0 Å². The van der Waals surface area contributed by atoms with Crippen LogP contribution in [0.15, 0.2) is 24.3 Å². The van der Waals surface area contributed by atoms with Gasteiger partial charge in [0.15, 0.2) is 11.4 Å². The zero-order valence-electron chi connectivity index (χ0n) is 13.7. The zero-order valence-corrected chi connectivity index (χ0v) is 13.7. The van der Waals surface area contributed by atoms with Crippen LogP contribution in [0.25, 0.3) is 0 Å². The number of carbonyl (C=O) groups is 2. The SMILES string of the molecule is COC(=O)c1nnc(C(=O)OC)c2c1CCc1ccccc1N2C. The van der Waals surface area contributed by atoms with E-state index in [-0.39, 0.29) is 11.4 Å². The lowest BCUT2D eigenvalue weighted by Crippen LogP contribution is -2.22. The van der Waals surface area contributed by atoms with Gasteiger partial charge in [-0.05, 0) is 24.5 Å². The molecule has 0 saturated carbocycles. The topological polar surface area (TPSA) is 81.6 Å².